The average Bonchev–Trinajstić information content (AvgIpc) is 2.92. The Hall–Kier alpha value is -2.83. The smallest absolute Gasteiger partial charge is 0.306 e. The molecule has 1 aromatic carbocycles. The van der Waals surface area contributed by atoms with Gasteiger partial charge in [-0.05, 0) is 44.7 Å². The number of hydrogen-bond donors (Lipinski definition) is 1. The third-order valence-corrected chi connectivity index (χ3v) is 5.66. The molecule has 1 aliphatic rings. The van der Waals surface area contributed by atoms with Crippen LogP contribution in [0.15, 0.2) is 35.1 Å². The molecule has 7 nitrogen and oxygen atoms in total. The van der Waals surface area contributed by atoms with Crippen molar-refractivity contribution in [2.24, 2.45) is 13.0 Å². The van der Waals surface area contributed by atoms with Crippen molar-refractivity contribution in [2.75, 3.05) is 5.32 Å². The summed E-state index contributed by atoms with van der Waals surface area (Å²) in [4.78, 5) is 37.6. The fraction of sp³-hybridized carbons (Fsp3) is 0.500. The summed E-state index contributed by atoms with van der Waals surface area (Å²) >= 11 is 0. The van der Waals surface area contributed by atoms with Gasteiger partial charge in [-0.3, -0.25) is 19.1 Å². The summed E-state index contributed by atoms with van der Waals surface area (Å²) in [5.74, 6) is -0.514. The lowest BCUT2D eigenvalue weighted by Crippen LogP contribution is -2.32. The van der Waals surface area contributed by atoms with E-state index >= 15 is 0 Å². The van der Waals surface area contributed by atoms with E-state index in [-0.39, 0.29) is 17.2 Å². The summed E-state index contributed by atoms with van der Waals surface area (Å²) in [6.45, 7) is 3.29. The maximum absolute atomic E-state index is 12.9. The average molecular weight is 399 g/mol. The number of esters is 1. The van der Waals surface area contributed by atoms with Gasteiger partial charge in [-0.25, -0.2) is 4.68 Å². The predicted molar refractivity (Wildman–Crippen MR) is 111 cm³/mol. The molecule has 1 heterocycles. The Morgan fingerprint density at radius 3 is 2.48 bits per heavy atom. The van der Waals surface area contributed by atoms with E-state index in [2.05, 4.69) is 5.32 Å². The topological polar surface area (TPSA) is 82.3 Å². The third-order valence-electron chi connectivity index (χ3n) is 5.66. The Kier molecular flexibility index (Phi) is 6.56. The molecule has 29 heavy (non-hydrogen) atoms. The number of carbonyl (C=O) groups excluding carboxylic acids is 2. The van der Waals surface area contributed by atoms with Crippen molar-refractivity contribution in [3.05, 3.63) is 46.4 Å². The van der Waals surface area contributed by atoms with Crippen LogP contribution in [-0.2, 0) is 21.4 Å². The molecule has 0 radical (unpaired) electrons. The van der Waals surface area contributed by atoms with E-state index in [9.17, 15) is 14.4 Å². The highest BCUT2D eigenvalue weighted by molar-refractivity contribution is 5.95. The summed E-state index contributed by atoms with van der Waals surface area (Å²) in [6.07, 6.45) is 4.99. The number of rotatable bonds is 6. The zero-order chi connectivity index (χ0) is 21.0. The fourth-order valence-corrected chi connectivity index (χ4v) is 3.86. The molecule has 1 saturated carbocycles. The lowest BCUT2D eigenvalue weighted by atomic mass is 9.87. The van der Waals surface area contributed by atoms with E-state index in [1.54, 1.807) is 18.7 Å². The first kappa shape index (κ1) is 20.9. The standard InChI is InChI=1S/C22H29N3O4/c1-15-20(22(28)25(24(15)3)18-12-8-5-9-13-18)23-21(27)16(2)29-19(26)14-17-10-6-4-7-11-17/h5,8-9,12-13,16-17H,4,6-7,10-11,14H2,1-3H3,(H,23,27). The summed E-state index contributed by atoms with van der Waals surface area (Å²) in [7, 11) is 1.76. The number of hydrogen-bond acceptors (Lipinski definition) is 4. The normalized spacial score (nSPS) is 15.7. The molecule has 1 atom stereocenters. The SMILES string of the molecule is Cc1c(NC(=O)C(C)OC(=O)CC2CCCCC2)c(=O)n(-c2ccccc2)n1C. The second-order valence-corrected chi connectivity index (χ2v) is 7.77. The minimum atomic E-state index is -0.963. The number of carbonyl (C=O) groups is 2. The quantitative estimate of drug-likeness (QED) is 0.756. The number of benzene rings is 1. The monoisotopic (exact) mass is 399 g/mol. The molecular weight excluding hydrogens is 370 g/mol. The number of ether oxygens (including phenoxy) is 1. The van der Waals surface area contributed by atoms with Crippen LogP contribution >= 0.6 is 0 Å². The number of amides is 1. The van der Waals surface area contributed by atoms with Gasteiger partial charge < -0.3 is 10.1 Å². The van der Waals surface area contributed by atoms with Gasteiger partial charge in [0.2, 0.25) is 0 Å². The number of nitrogens with zero attached hydrogens (tertiary/aromatic N) is 2. The van der Waals surface area contributed by atoms with Crippen LogP contribution in [0.5, 0.6) is 0 Å². The lowest BCUT2D eigenvalue weighted by molar-refractivity contribution is -0.154. The van der Waals surface area contributed by atoms with Crippen LogP contribution < -0.4 is 10.9 Å². The van der Waals surface area contributed by atoms with Gasteiger partial charge in [-0.1, -0.05) is 37.5 Å². The molecule has 1 fully saturated rings. The highest BCUT2D eigenvalue weighted by Gasteiger charge is 2.25. The predicted octanol–water partition coefficient (Wildman–Crippen LogP) is 3.33. The second kappa shape index (κ2) is 9.11. The minimum Gasteiger partial charge on any atom is -0.453 e. The first-order valence-electron chi connectivity index (χ1n) is 10.2. The molecule has 1 aliphatic carbocycles. The van der Waals surface area contributed by atoms with Gasteiger partial charge in [0.1, 0.15) is 5.69 Å². The maximum Gasteiger partial charge on any atom is 0.306 e. The van der Waals surface area contributed by atoms with Crippen molar-refractivity contribution in [2.45, 2.75) is 58.5 Å². The Bertz CT molecular complexity index is 924. The Morgan fingerprint density at radius 2 is 1.83 bits per heavy atom. The van der Waals surface area contributed by atoms with Crippen LogP contribution in [0.4, 0.5) is 5.69 Å². The summed E-state index contributed by atoms with van der Waals surface area (Å²) < 4.78 is 8.50. The molecule has 0 spiro atoms. The van der Waals surface area contributed by atoms with E-state index in [1.165, 1.54) is 18.0 Å². The van der Waals surface area contributed by atoms with E-state index in [0.29, 0.717) is 23.7 Å². The summed E-state index contributed by atoms with van der Waals surface area (Å²) in [6, 6.07) is 9.20. The molecule has 1 unspecified atom stereocenters. The van der Waals surface area contributed by atoms with E-state index in [0.717, 1.165) is 25.7 Å². The minimum absolute atomic E-state index is 0.191. The van der Waals surface area contributed by atoms with Crippen LogP contribution in [0.1, 0.15) is 51.1 Å². The van der Waals surface area contributed by atoms with Crippen LogP contribution in [0.2, 0.25) is 0 Å². The maximum atomic E-state index is 12.9. The van der Waals surface area contributed by atoms with Gasteiger partial charge in [0, 0.05) is 13.5 Å². The van der Waals surface area contributed by atoms with Crippen LogP contribution in [0.3, 0.4) is 0 Å². The molecule has 0 aliphatic heterocycles. The number of anilines is 1. The van der Waals surface area contributed by atoms with Crippen molar-refractivity contribution in [3.63, 3.8) is 0 Å². The Labute approximate surface area is 170 Å². The molecule has 7 heteroatoms. The molecule has 1 amide bonds. The van der Waals surface area contributed by atoms with E-state index < -0.39 is 12.0 Å². The van der Waals surface area contributed by atoms with Gasteiger partial charge in [0.15, 0.2) is 6.10 Å². The highest BCUT2D eigenvalue weighted by Crippen LogP contribution is 2.26. The van der Waals surface area contributed by atoms with Crippen molar-refractivity contribution < 1.29 is 14.3 Å². The molecule has 0 bridgehead atoms. The van der Waals surface area contributed by atoms with Gasteiger partial charge in [0.05, 0.1) is 11.4 Å². The molecule has 2 aromatic rings. The van der Waals surface area contributed by atoms with E-state index in [1.807, 2.05) is 30.3 Å². The van der Waals surface area contributed by atoms with Gasteiger partial charge >= 0.3 is 5.97 Å². The zero-order valence-electron chi connectivity index (χ0n) is 17.3. The van der Waals surface area contributed by atoms with Crippen LogP contribution in [0, 0.1) is 12.8 Å². The second-order valence-electron chi connectivity index (χ2n) is 7.77. The van der Waals surface area contributed by atoms with Gasteiger partial charge in [-0.2, -0.15) is 0 Å². The molecule has 0 saturated heterocycles. The number of para-hydroxylation sites is 1. The lowest BCUT2D eigenvalue weighted by Gasteiger charge is -2.21. The van der Waals surface area contributed by atoms with Crippen molar-refractivity contribution in [1.29, 1.82) is 0 Å². The molecule has 1 aromatic heterocycles. The third kappa shape index (κ3) is 4.78. The van der Waals surface area contributed by atoms with Crippen LogP contribution in [-0.4, -0.2) is 27.3 Å². The molecule has 156 valence electrons. The molecular formula is C22H29N3O4. The first-order chi connectivity index (χ1) is 13.9. The van der Waals surface area contributed by atoms with Gasteiger partial charge in [-0.15, -0.1) is 0 Å². The first-order valence-corrected chi connectivity index (χ1v) is 10.2. The number of aromatic nitrogens is 2. The van der Waals surface area contributed by atoms with Crippen LogP contribution in [0.25, 0.3) is 5.69 Å². The molecule has 1 N–H and O–H groups in total. The highest BCUT2D eigenvalue weighted by atomic mass is 16.5. The summed E-state index contributed by atoms with van der Waals surface area (Å²) in [5, 5.41) is 2.65. The summed E-state index contributed by atoms with van der Waals surface area (Å²) in [5.41, 5.74) is 1.19. The van der Waals surface area contributed by atoms with E-state index in [4.69, 9.17) is 4.74 Å². The van der Waals surface area contributed by atoms with Crippen molar-refractivity contribution in [3.8, 4) is 5.69 Å². The number of nitrogens with one attached hydrogen (secondary N) is 1. The van der Waals surface area contributed by atoms with Crippen molar-refractivity contribution in [1.82, 2.24) is 9.36 Å². The van der Waals surface area contributed by atoms with Crippen molar-refractivity contribution >= 4 is 17.6 Å². The van der Waals surface area contributed by atoms with Gasteiger partial charge in [0.25, 0.3) is 11.5 Å². The Balaban J connectivity index is 1.67. The fourth-order valence-electron chi connectivity index (χ4n) is 3.86. The Morgan fingerprint density at radius 1 is 1.17 bits per heavy atom. The molecule has 3 rings (SSSR count). The largest absolute Gasteiger partial charge is 0.453 e. The zero-order valence-corrected chi connectivity index (χ0v) is 17.3.